The second kappa shape index (κ2) is 7.97. The number of anilines is 2. The molecule has 1 unspecified atom stereocenters. The monoisotopic (exact) mass is 427 g/mol. The van der Waals surface area contributed by atoms with Gasteiger partial charge in [-0.3, -0.25) is 9.78 Å². The van der Waals surface area contributed by atoms with Crippen molar-refractivity contribution < 1.29 is 9.18 Å². The highest BCUT2D eigenvalue weighted by molar-refractivity contribution is 5.95. The average molecular weight is 427 g/mol. The number of amides is 1. The molecule has 2 heterocycles. The summed E-state index contributed by atoms with van der Waals surface area (Å²) >= 11 is 0. The number of hydrogen-bond acceptors (Lipinski definition) is 5. The van der Waals surface area contributed by atoms with E-state index in [4.69, 9.17) is 0 Å². The highest BCUT2D eigenvalue weighted by atomic mass is 19.1. The predicted molar refractivity (Wildman–Crippen MR) is 119 cm³/mol. The lowest BCUT2D eigenvalue weighted by Crippen LogP contribution is -2.60. The second-order valence-corrected chi connectivity index (χ2v) is 8.46. The van der Waals surface area contributed by atoms with Crippen LogP contribution in [0.2, 0.25) is 0 Å². The maximum absolute atomic E-state index is 13.2. The summed E-state index contributed by atoms with van der Waals surface area (Å²) in [6.45, 7) is 1.31. The van der Waals surface area contributed by atoms with Crippen molar-refractivity contribution in [2.45, 2.75) is 18.4 Å². The van der Waals surface area contributed by atoms with Crippen LogP contribution in [0.15, 0.2) is 67.0 Å². The summed E-state index contributed by atoms with van der Waals surface area (Å²) in [6.07, 6.45) is 7.59. The lowest BCUT2D eigenvalue weighted by Gasteiger charge is -2.44. The fourth-order valence-corrected chi connectivity index (χ4v) is 4.66. The van der Waals surface area contributed by atoms with Crippen LogP contribution in [0.25, 0.3) is 11.1 Å². The first-order valence-electron chi connectivity index (χ1n) is 10.6. The van der Waals surface area contributed by atoms with Crippen molar-refractivity contribution in [1.82, 2.24) is 15.2 Å². The van der Waals surface area contributed by atoms with Crippen LogP contribution in [-0.4, -0.2) is 34.4 Å². The Balaban J connectivity index is 1.33. The van der Waals surface area contributed by atoms with Crippen molar-refractivity contribution in [2.24, 2.45) is 5.92 Å². The van der Waals surface area contributed by atoms with Gasteiger partial charge in [0.1, 0.15) is 5.82 Å². The first kappa shape index (κ1) is 20.0. The SMILES string of the molecule is N#CN1CC2CC[C@]2(NC(=O)c2ccc(-c3ccncc3Nc3ccc(F)cc3)cc2)C1. The van der Waals surface area contributed by atoms with E-state index in [1.807, 2.05) is 30.3 Å². The third kappa shape index (κ3) is 3.65. The van der Waals surface area contributed by atoms with Gasteiger partial charge in [-0.1, -0.05) is 12.1 Å². The summed E-state index contributed by atoms with van der Waals surface area (Å²) < 4.78 is 13.2. The number of aromatic nitrogens is 1. The number of hydrogen-bond donors (Lipinski definition) is 2. The van der Waals surface area contributed by atoms with Crippen molar-refractivity contribution in [1.29, 1.82) is 5.26 Å². The van der Waals surface area contributed by atoms with Gasteiger partial charge in [-0.15, -0.1) is 0 Å². The number of halogens is 1. The number of benzene rings is 2. The zero-order chi connectivity index (χ0) is 22.1. The van der Waals surface area contributed by atoms with Crippen molar-refractivity contribution in [3.63, 3.8) is 0 Å². The van der Waals surface area contributed by atoms with E-state index in [0.29, 0.717) is 18.0 Å². The number of pyridine rings is 1. The standard InChI is InChI=1S/C25H22FN5O/c26-20-5-7-21(8-6-20)29-23-13-28-12-10-22(23)17-1-3-18(4-2-17)24(32)30-25-11-9-19(25)14-31(15-25)16-27/h1-8,10,12-13,19,29H,9,11,14-15H2,(H,30,32)/t19?,25-/m0/s1. The summed E-state index contributed by atoms with van der Waals surface area (Å²) in [4.78, 5) is 18.8. The summed E-state index contributed by atoms with van der Waals surface area (Å²) in [6, 6.07) is 15.5. The quantitative estimate of drug-likeness (QED) is 0.593. The van der Waals surface area contributed by atoms with Crippen LogP contribution in [-0.2, 0) is 0 Å². The molecule has 6 nitrogen and oxygen atoms in total. The Bertz CT molecular complexity index is 1190. The van der Waals surface area contributed by atoms with E-state index in [9.17, 15) is 14.4 Å². The first-order valence-corrected chi connectivity index (χ1v) is 10.6. The topological polar surface area (TPSA) is 81.1 Å². The number of likely N-dealkylation sites (tertiary alicyclic amines) is 1. The number of nitrogens with one attached hydrogen (secondary N) is 2. The van der Waals surface area contributed by atoms with Gasteiger partial charge in [0, 0.05) is 35.5 Å². The van der Waals surface area contributed by atoms with Crippen LogP contribution < -0.4 is 10.6 Å². The molecule has 0 bridgehead atoms. The molecule has 32 heavy (non-hydrogen) atoms. The molecule has 0 radical (unpaired) electrons. The Morgan fingerprint density at radius 2 is 1.94 bits per heavy atom. The molecule has 5 rings (SSSR count). The summed E-state index contributed by atoms with van der Waals surface area (Å²) in [5, 5.41) is 15.7. The molecule has 1 aliphatic heterocycles. The zero-order valence-corrected chi connectivity index (χ0v) is 17.4. The van der Waals surface area contributed by atoms with Gasteiger partial charge in [-0.2, -0.15) is 5.26 Å². The molecule has 1 amide bonds. The van der Waals surface area contributed by atoms with Gasteiger partial charge in [0.15, 0.2) is 6.19 Å². The molecule has 3 aromatic rings. The number of carbonyl (C=O) groups is 1. The highest BCUT2D eigenvalue weighted by Crippen LogP contribution is 2.44. The Kier molecular flexibility index (Phi) is 4.98. The largest absolute Gasteiger partial charge is 0.354 e. The fraction of sp³-hybridized carbons (Fsp3) is 0.240. The Morgan fingerprint density at radius 1 is 1.16 bits per heavy atom. The summed E-state index contributed by atoms with van der Waals surface area (Å²) in [5.41, 5.74) is 3.72. The smallest absolute Gasteiger partial charge is 0.251 e. The molecule has 2 fully saturated rings. The van der Waals surface area contributed by atoms with Gasteiger partial charge < -0.3 is 15.5 Å². The maximum atomic E-state index is 13.2. The van der Waals surface area contributed by atoms with E-state index in [2.05, 4.69) is 21.8 Å². The second-order valence-electron chi connectivity index (χ2n) is 8.46. The number of nitrogens with zero attached hydrogens (tertiary/aromatic N) is 3. The van der Waals surface area contributed by atoms with E-state index >= 15 is 0 Å². The van der Waals surface area contributed by atoms with Gasteiger partial charge in [0.2, 0.25) is 0 Å². The Hall–Kier alpha value is -3.92. The third-order valence-electron chi connectivity index (χ3n) is 6.54. The molecule has 1 aromatic heterocycles. The number of fused-ring (bicyclic) bond motifs is 1. The fourth-order valence-electron chi connectivity index (χ4n) is 4.66. The third-order valence-corrected chi connectivity index (χ3v) is 6.54. The van der Waals surface area contributed by atoms with Gasteiger partial charge >= 0.3 is 0 Å². The van der Waals surface area contributed by atoms with E-state index in [1.165, 1.54) is 12.1 Å². The molecule has 7 heteroatoms. The molecule has 2 aliphatic rings. The minimum absolute atomic E-state index is 0.111. The van der Waals surface area contributed by atoms with Gasteiger partial charge in [-0.05, 0) is 60.9 Å². The molecule has 0 spiro atoms. The molecule has 2 N–H and O–H groups in total. The zero-order valence-electron chi connectivity index (χ0n) is 17.4. The van der Waals surface area contributed by atoms with E-state index in [1.54, 1.807) is 29.4 Å². The lowest BCUT2D eigenvalue weighted by atomic mass is 9.69. The Morgan fingerprint density at radius 3 is 2.62 bits per heavy atom. The van der Waals surface area contributed by atoms with Gasteiger partial charge in [-0.25, -0.2) is 4.39 Å². The lowest BCUT2D eigenvalue weighted by molar-refractivity contribution is 0.0762. The van der Waals surface area contributed by atoms with E-state index < -0.39 is 0 Å². The molecule has 1 aliphatic carbocycles. The van der Waals surface area contributed by atoms with Crippen LogP contribution in [0.5, 0.6) is 0 Å². The van der Waals surface area contributed by atoms with Crippen molar-refractivity contribution in [2.75, 3.05) is 18.4 Å². The average Bonchev–Trinajstić information content (AvgIpc) is 3.05. The van der Waals surface area contributed by atoms with Crippen LogP contribution >= 0.6 is 0 Å². The van der Waals surface area contributed by atoms with Gasteiger partial charge in [0.25, 0.3) is 5.91 Å². The van der Waals surface area contributed by atoms with Crippen molar-refractivity contribution in [3.05, 3.63) is 78.4 Å². The van der Waals surface area contributed by atoms with Crippen molar-refractivity contribution in [3.8, 4) is 17.3 Å². The minimum atomic E-state index is -0.290. The first-order chi connectivity index (χ1) is 15.6. The van der Waals surface area contributed by atoms with Gasteiger partial charge in [0.05, 0.1) is 24.0 Å². The molecule has 1 saturated carbocycles. The van der Waals surface area contributed by atoms with Crippen LogP contribution in [0.4, 0.5) is 15.8 Å². The van der Waals surface area contributed by atoms with Crippen molar-refractivity contribution >= 4 is 17.3 Å². The Labute approximate surface area is 185 Å². The number of rotatable bonds is 5. The van der Waals surface area contributed by atoms with Crippen LogP contribution in [0.3, 0.4) is 0 Å². The molecule has 2 atom stereocenters. The maximum Gasteiger partial charge on any atom is 0.251 e. The van der Waals surface area contributed by atoms with E-state index in [-0.39, 0.29) is 17.3 Å². The highest BCUT2D eigenvalue weighted by Gasteiger charge is 2.54. The summed E-state index contributed by atoms with van der Waals surface area (Å²) in [7, 11) is 0. The van der Waals surface area contributed by atoms with Crippen LogP contribution in [0.1, 0.15) is 23.2 Å². The summed E-state index contributed by atoms with van der Waals surface area (Å²) in [5.74, 6) is -0.0516. The number of nitriles is 1. The minimum Gasteiger partial charge on any atom is -0.354 e. The predicted octanol–water partition coefficient (Wildman–Crippen LogP) is 4.31. The number of carbonyl (C=O) groups excluding carboxylic acids is 1. The van der Waals surface area contributed by atoms with Crippen LogP contribution in [0, 0.1) is 23.2 Å². The molecule has 2 aromatic carbocycles. The molecule has 160 valence electrons. The van der Waals surface area contributed by atoms with E-state index in [0.717, 1.165) is 41.9 Å². The molecule has 1 saturated heterocycles. The normalized spacial score (nSPS) is 21.2. The molecular formula is C25H22FN5O. The molecular weight excluding hydrogens is 405 g/mol.